The molecule has 2 fully saturated rings. The summed E-state index contributed by atoms with van der Waals surface area (Å²) in [5, 5.41) is 0. The van der Waals surface area contributed by atoms with E-state index in [1.807, 2.05) is 6.07 Å². The van der Waals surface area contributed by atoms with Gasteiger partial charge in [-0.3, -0.25) is 0 Å². The molecule has 1 aliphatic carbocycles. The Morgan fingerprint density at radius 3 is 2.18 bits per heavy atom. The summed E-state index contributed by atoms with van der Waals surface area (Å²) in [4.78, 5) is 0. The normalized spacial score (nSPS) is 23.1. The van der Waals surface area contributed by atoms with Gasteiger partial charge in [0.2, 0.25) is 0 Å². The summed E-state index contributed by atoms with van der Waals surface area (Å²) in [6, 6.07) is 6.27. The first kappa shape index (κ1) is 15.9. The second-order valence-corrected chi connectivity index (χ2v) is 7.82. The predicted octanol–water partition coefficient (Wildman–Crippen LogP) is 3.65. The molecule has 1 aliphatic heterocycles. The molecule has 0 N–H and O–H groups in total. The summed E-state index contributed by atoms with van der Waals surface area (Å²) >= 11 is 0. The molecule has 1 saturated carbocycles. The first-order valence-electron chi connectivity index (χ1n) is 8.36. The molecule has 1 aromatic carbocycles. The molecular formula is C18H27BO3. The molecule has 3 nitrogen and oxygen atoms in total. The van der Waals surface area contributed by atoms with E-state index in [-0.39, 0.29) is 18.3 Å². The van der Waals surface area contributed by atoms with Gasteiger partial charge in [-0.2, -0.15) is 0 Å². The van der Waals surface area contributed by atoms with E-state index >= 15 is 0 Å². The molecule has 0 unspecified atom stereocenters. The third-order valence-corrected chi connectivity index (χ3v) is 5.03. The van der Waals surface area contributed by atoms with E-state index < -0.39 is 0 Å². The van der Waals surface area contributed by atoms with Crippen molar-refractivity contribution in [2.45, 2.75) is 77.6 Å². The van der Waals surface area contributed by atoms with Gasteiger partial charge in [0.1, 0.15) is 5.75 Å². The van der Waals surface area contributed by atoms with Crippen molar-refractivity contribution in [1.29, 1.82) is 0 Å². The molecule has 2 aliphatic rings. The molecule has 22 heavy (non-hydrogen) atoms. The standard InChI is InChI=1S/C18H27BO3/c1-12(2)14-8-7-9-15(20-13-10-11-13)16(14)19-21-17(3,4)18(5,6)22-19/h7-9,12-13H,10-11H2,1-6H3. The molecule has 0 bridgehead atoms. The van der Waals surface area contributed by atoms with Crippen LogP contribution in [0.3, 0.4) is 0 Å². The first-order chi connectivity index (χ1) is 10.2. The van der Waals surface area contributed by atoms with Crippen molar-refractivity contribution in [2.75, 3.05) is 0 Å². The summed E-state index contributed by atoms with van der Waals surface area (Å²) < 4.78 is 18.7. The summed E-state index contributed by atoms with van der Waals surface area (Å²) in [5.74, 6) is 1.32. The lowest BCUT2D eigenvalue weighted by Crippen LogP contribution is -2.41. The van der Waals surface area contributed by atoms with Crippen molar-refractivity contribution in [1.82, 2.24) is 0 Å². The molecule has 1 aromatic rings. The van der Waals surface area contributed by atoms with Crippen molar-refractivity contribution in [3.63, 3.8) is 0 Å². The Morgan fingerprint density at radius 2 is 1.68 bits per heavy atom. The molecule has 120 valence electrons. The molecule has 3 rings (SSSR count). The maximum Gasteiger partial charge on any atom is 0.498 e. The minimum Gasteiger partial charge on any atom is -0.491 e. The quantitative estimate of drug-likeness (QED) is 0.795. The molecule has 0 aromatic heterocycles. The average molecular weight is 302 g/mol. The minimum atomic E-state index is -0.364. The van der Waals surface area contributed by atoms with Gasteiger partial charge < -0.3 is 14.0 Å². The largest absolute Gasteiger partial charge is 0.498 e. The SMILES string of the molecule is CC(C)c1cccc(OC2CC2)c1B1OC(C)(C)C(C)(C)O1. The summed E-state index contributed by atoms with van der Waals surface area (Å²) in [6.07, 6.45) is 2.66. The van der Waals surface area contributed by atoms with Gasteiger partial charge in [-0.05, 0) is 58.1 Å². The zero-order valence-electron chi connectivity index (χ0n) is 14.6. The van der Waals surface area contributed by atoms with E-state index in [1.165, 1.54) is 5.56 Å². The fourth-order valence-corrected chi connectivity index (χ4v) is 2.75. The number of hydrogen-bond acceptors (Lipinski definition) is 3. The van der Waals surface area contributed by atoms with Crippen molar-refractivity contribution < 1.29 is 14.0 Å². The van der Waals surface area contributed by atoms with Crippen LogP contribution in [-0.4, -0.2) is 24.4 Å². The Hall–Kier alpha value is -0.995. The lowest BCUT2D eigenvalue weighted by Gasteiger charge is -2.32. The van der Waals surface area contributed by atoms with Crippen LogP contribution in [0.15, 0.2) is 18.2 Å². The van der Waals surface area contributed by atoms with Crippen molar-refractivity contribution in [2.24, 2.45) is 0 Å². The molecule has 0 atom stereocenters. The molecular weight excluding hydrogens is 275 g/mol. The topological polar surface area (TPSA) is 27.7 Å². The highest BCUT2D eigenvalue weighted by molar-refractivity contribution is 6.63. The zero-order valence-corrected chi connectivity index (χ0v) is 14.6. The third kappa shape index (κ3) is 2.79. The fraction of sp³-hybridized carbons (Fsp3) is 0.667. The molecule has 1 heterocycles. The van der Waals surface area contributed by atoms with Crippen LogP contribution < -0.4 is 10.2 Å². The van der Waals surface area contributed by atoms with Crippen LogP contribution in [0.4, 0.5) is 0 Å². The lowest BCUT2D eigenvalue weighted by molar-refractivity contribution is 0.00578. The number of rotatable bonds is 4. The number of benzene rings is 1. The average Bonchev–Trinajstić information content (AvgIpc) is 3.17. The number of hydrogen-bond donors (Lipinski definition) is 0. The van der Waals surface area contributed by atoms with Crippen LogP contribution in [0.1, 0.15) is 65.9 Å². The highest BCUT2D eigenvalue weighted by atomic mass is 16.7. The first-order valence-corrected chi connectivity index (χ1v) is 8.36. The van der Waals surface area contributed by atoms with Crippen molar-refractivity contribution in [3.05, 3.63) is 23.8 Å². The van der Waals surface area contributed by atoms with E-state index in [0.29, 0.717) is 12.0 Å². The Kier molecular flexibility index (Phi) is 3.81. The van der Waals surface area contributed by atoms with Gasteiger partial charge in [0.15, 0.2) is 0 Å². The van der Waals surface area contributed by atoms with Gasteiger partial charge in [0, 0.05) is 5.46 Å². The maximum atomic E-state index is 6.28. The van der Waals surface area contributed by atoms with Crippen LogP contribution in [0.2, 0.25) is 0 Å². The highest BCUT2D eigenvalue weighted by Gasteiger charge is 2.53. The van der Waals surface area contributed by atoms with Crippen LogP contribution in [-0.2, 0) is 9.31 Å². The predicted molar refractivity (Wildman–Crippen MR) is 89.9 cm³/mol. The fourth-order valence-electron chi connectivity index (χ4n) is 2.75. The van der Waals surface area contributed by atoms with E-state index in [0.717, 1.165) is 24.1 Å². The Labute approximate surface area is 134 Å². The molecule has 0 spiro atoms. The minimum absolute atomic E-state index is 0.335. The summed E-state index contributed by atoms with van der Waals surface area (Å²) in [5.41, 5.74) is 1.65. The van der Waals surface area contributed by atoms with Crippen molar-refractivity contribution in [3.8, 4) is 5.75 Å². The van der Waals surface area contributed by atoms with Crippen LogP contribution in [0, 0.1) is 0 Å². The van der Waals surface area contributed by atoms with Crippen molar-refractivity contribution >= 4 is 12.6 Å². The third-order valence-electron chi connectivity index (χ3n) is 5.03. The Balaban J connectivity index is 2.01. The number of ether oxygens (including phenoxy) is 1. The van der Waals surface area contributed by atoms with E-state index in [1.54, 1.807) is 0 Å². The molecule has 1 saturated heterocycles. The van der Waals surface area contributed by atoms with Gasteiger partial charge in [0.05, 0.1) is 17.3 Å². The Bertz CT molecular complexity index is 545. The Morgan fingerprint density at radius 1 is 1.09 bits per heavy atom. The molecule has 0 amide bonds. The lowest BCUT2D eigenvalue weighted by atomic mass is 9.73. The second kappa shape index (κ2) is 5.28. The smallest absolute Gasteiger partial charge is 0.491 e. The van der Waals surface area contributed by atoms with E-state index in [4.69, 9.17) is 14.0 Å². The highest BCUT2D eigenvalue weighted by Crippen LogP contribution is 2.38. The summed E-state index contributed by atoms with van der Waals surface area (Å²) in [6.45, 7) is 12.8. The maximum absolute atomic E-state index is 6.28. The molecule has 0 radical (unpaired) electrons. The van der Waals surface area contributed by atoms with E-state index in [9.17, 15) is 0 Å². The zero-order chi connectivity index (χ0) is 16.1. The van der Waals surface area contributed by atoms with Crippen LogP contribution in [0.5, 0.6) is 5.75 Å². The van der Waals surface area contributed by atoms with Gasteiger partial charge >= 0.3 is 7.12 Å². The van der Waals surface area contributed by atoms with Gasteiger partial charge in [0.25, 0.3) is 0 Å². The van der Waals surface area contributed by atoms with Crippen LogP contribution >= 0.6 is 0 Å². The monoisotopic (exact) mass is 302 g/mol. The van der Waals surface area contributed by atoms with Gasteiger partial charge in [-0.25, -0.2) is 0 Å². The van der Waals surface area contributed by atoms with Crippen LogP contribution in [0.25, 0.3) is 0 Å². The van der Waals surface area contributed by atoms with E-state index in [2.05, 4.69) is 53.7 Å². The second-order valence-electron chi connectivity index (χ2n) is 7.82. The molecule has 4 heteroatoms. The van der Waals surface area contributed by atoms with Gasteiger partial charge in [-0.15, -0.1) is 0 Å². The summed E-state index contributed by atoms with van der Waals surface area (Å²) in [7, 11) is -0.364. The van der Waals surface area contributed by atoms with Gasteiger partial charge in [-0.1, -0.05) is 26.0 Å².